The zero-order chi connectivity index (χ0) is 19.3. The molecule has 3 aromatic rings. The molecule has 1 aliphatic heterocycles. The van der Waals surface area contributed by atoms with Crippen LogP contribution in [0, 0.1) is 5.41 Å². The molecule has 1 amide bonds. The van der Waals surface area contributed by atoms with Gasteiger partial charge in [-0.1, -0.05) is 18.5 Å². The van der Waals surface area contributed by atoms with Crippen LogP contribution in [0.4, 0.5) is 0 Å². The van der Waals surface area contributed by atoms with Crippen molar-refractivity contribution in [3.05, 3.63) is 53.3 Å². The molecule has 2 aliphatic rings. The first kappa shape index (κ1) is 17.5. The highest BCUT2D eigenvalue weighted by molar-refractivity contribution is 6.35. The van der Waals surface area contributed by atoms with Crippen molar-refractivity contribution in [3.8, 4) is 5.75 Å². The van der Waals surface area contributed by atoms with Crippen LogP contribution in [0.25, 0.3) is 10.9 Å². The lowest BCUT2D eigenvalue weighted by atomic mass is 9.90. The van der Waals surface area contributed by atoms with Crippen LogP contribution in [0.2, 0.25) is 5.02 Å². The SMILES string of the molecule is CC12CCC(C1)N(C(=O)c1coc(COc3ccc(Cl)c4cccnc34)n1)C2. The monoisotopic (exact) mass is 397 g/mol. The van der Waals surface area contributed by atoms with E-state index in [0.717, 1.165) is 24.8 Å². The summed E-state index contributed by atoms with van der Waals surface area (Å²) in [5, 5.41) is 1.44. The molecule has 5 rings (SSSR count). The fourth-order valence-electron chi connectivity index (χ4n) is 4.47. The maximum Gasteiger partial charge on any atom is 0.276 e. The minimum absolute atomic E-state index is 0.0537. The van der Waals surface area contributed by atoms with E-state index in [0.29, 0.717) is 33.9 Å². The van der Waals surface area contributed by atoms with Crippen molar-refractivity contribution in [2.24, 2.45) is 5.41 Å². The second-order valence-electron chi connectivity index (χ2n) is 8.00. The Morgan fingerprint density at radius 3 is 3.11 bits per heavy atom. The predicted octanol–water partition coefficient (Wildman–Crippen LogP) is 4.47. The number of hydrogen-bond donors (Lipinski definition) is 0. The summed E-state index contributed by atoms with van der Waals surface area (Å²) in [4.78, 5) is 23.5. The largest absolute Gasteiger partial charge is 0.482 e. The molecule has 2 fully saturated rings. The standard InChI is InChI=1S/C21H20ClN3O3/c1-21-7-6-13(9-21)25(12-21)20(26)16-10-28-18(24-16)11-27-17-5-4-15(22)14-3-2-8-23-19(14)17/h2-5,8,10,13H,6-7,9,11-12H2,1H3. The van der Waals surface area contributed by atoms with Crippen LogP contribution in [-0.2, 0) is 6.61 Å². The molecule has 1 saturated carbocycles. The van der Waals surface area contributed by atoms with Crippen LogP contribution in [0.15, 0.2) is 41.1 Å². The number of ether oxygens (including phenoxy) is 1. The maximum atomic E-state index is 12.8. The van der Waals surface area contributed by atoms with Gasteiger partial charge in [-0.05, 0) is 48.9 Å². The van der Waals surface area contributed by atoms with Crippen LogP contribution in [0.3, 0.4) is 0 Å². The minimum atomic E-state index is -0.0537. The summed E-state index contributed by atoms with van der Waals surface area (Å²) in [5.74, 6) is 0.899. The zero-order valence-corrected chi connectivity index (χ0v) is 16.3. The van der Waals surface area contributed by atoms with E-state index in [2.05, 4.69) is 16.9 Å². The average Bonchev–Trinajstić information content (AvgIpc) is 3.41. The fourth-order valence-corrected chi connectivity index (χ4v) is 4.68. The Kier molecular flexibility index (Phi) is 4.05. The van der Waals surface area contributed by atoms with E-state index in [1.165, 1.54) is 12.7 Å². The molecular weight excluding hydrogens is 378 g/mol. The van der Waals surface area contributed by atoms with Crippen LogP contribution < -0.4 is 4.74 Å². The quantitative estimate of drug-likeness (QED) is 0.649. The van der Waals surface area contributed by atoms with Gasteiger partial charge in [0.2, 0.25) is 5.89 Å². The first-order valence-corrected chi connectivity index (χ1v) is 9.82. The third kappa shape index (κ3) is 2.92. The lowest BCUT2D eigenvalue weighted by Crippen LogP contribution is -2.39. The Balaban J connectivity index is 1.30. The number of amides is 1. The lowest BCUT2D eigenvalue weighted by molar-refractivity contribution is 0.0670. The molecule has 7 heteroatoms. The third-order valence-electron chi connectivity index (χ3n) is 5.86. The lowest BCUT2D eigenvalue weighted by Gasteiger charge is -2.29. The van der Waals surface area contributed by atoms with E-state index in [1.54, 1.807) is 18.3 Å². The van der Waals surface area contributed by atoms with Gasteiger partial charge >= 0.3 is 0 Å². The molecule has 28 heavy (non-hydrogen) atoms. The number of piperidine rings is 1. The van der Waals surface area contributed by atoms with Gasteiger partial charge in [0.05, 0.1) is 5.02 Å². The summed E-state index contributed by atoms with van der Waals surface area (Å²) in [6.07, 6.45) is 6.48. The van der Waals surface area contributed by atoms with E-state index in [1.807, 2.05) is 17.0 Å². The summed E-state index contributed by atoms with van der Waals surface area (Å²) in [7, 11) is 0. The number of hydrogen-bond acceptors (Lipinski definition) is 5. The molecule has 2 unspecified atom stereocenters. The van der Waals surface area contributed by atoms with Crippen LogP contribution >= 0.6 is 11.6 Å². The molecule has 144 valence electrons. The van der Waals surface area contributed by atoms with Crippen molar-refractivity contribution in [1.29, 1.82) is 0 Å². The second-order valence-corrected chi connectivity index (χ2v) is 8.41. The van der Waals surface area contributed by atoms with E-state index >= 15 is 0 Å². The summed E-state index contributed by atoms with van der Waals surface area (Å²) in [6, 6.07) is 7.60. The highest BCUT2D eigenvalue weighted by Crippen LogP contribution is 2.47. The third-order valence-corrected chi connectivity index (χ3v) is 6.19. The molecule has 3 heterocycles. The van der Waals surface area contributed by atoms with Gasteiger partial charge in [0.25, 0.3) is 5.91 Å². The molecule has 1 saturated heterocycles. The summed E-state index contributed by atoms with van der Waals surface area (Å²) < 4.78 is 11.3. The number of likely N-dealkylation sites (tertiary alicyclic amines) is 1. The zero-order valence-electron chi connectivity index (χ0n) is 15.5. The molecule has 0 radical (unpaired) electrons. The molecule has 0 N–H and O–H groups in total. The number of rotatable bonds is 4. The van der Waals surface area contributed by atoms with Gasteiger partial charge in [-0.2, -0.15) is 0 Å². The number of nitrogens with zero attached hydrogens (tertiary/aromatic N) is 3. The Hall–Kier alpha value is -2.60. The van der Waals surface area contributed by atoms with Gasteiger partial charge in [-0.25, -0.2) is 4.98 Å². The Morgan fingerprint density at radius 1 is 1.43 bits per heavy atom. The van der Waals surface area contributed by atoms with Gasteiger partial charge in [0.1, 0.15) is 17.5 Å². The fraction of sp³-hybridized carbons (Fsp3) is 0.381. The number of carbonyl (C=O) groups is 1. The van der Waals surface area contributed by atoms with Crippen molar-refractivity contribution in [3.63, 3.8) is 0 Å². The number of fused-ring (bicyclic) bond motifs is 3. The molecule has 1 aliphatic carbocycles. The summed E-state index contributed by atoms with van der Waals surface area (Å²) in [6.45, 7) is 3.17. The topological polar surface area (TPSA) is 68.5 Å². The minimum Gasteiger partial charge on any atom is -0.482 e. The average molecular weight is 398 g/mol. The molecule has 0 spiro atoms. The summed E-state index contributed by atoms with van der Waals surface area (Å²) >= 11 is 6.21. The highest BCUT2D eigenvalue weighted by atomic mass is 35.5. The van der Waals surface area contributed by atoms with E-state index in [9.17, 15) is 4.79 Å². The van der Waals surface area contributed by atoms with Crippen LogP contribution in [0.1, 0.15) is 42.6 Å². The first-order chi connectivity index (χ1) is 13.5. The van der Waals surface area contributed by atoms with Gasteiger partial charge in [-0.15, -0.1) is 0 Å². The van der Waals surface area contributed by atoms with Gasteiger partial charge in [0.15, 0.2) is 12.3 Å². The predicted molar refractivity (Wildman–Crippen MR) is 104 cm³/mol. The number of halogens is 1. The number of aromatic nitrogens is 2. The molecule has 2 bridgehead atoms. The molecule has 1 aromatic carbocycles. The van der Waals surface area contributed by atoms with Crippen molar-refractivity contribution < 1.29 is 13.9 Å². The number of oxazole rings is 1. The van der Waals surface area contributed by atoms with Crippen molar-refractivity contribution >= 4 is 28.4 Å². The van der Waals surface area contributed by atoms with Crippen molar-refractivity contribution in [2.45, 2.75) is 38.8 Å². The number of carbonyl (C=O) groups excluding carboxylic acids is 1. The van der Waals surface area contributed by atoms with Gasteiger partial charge in [0, 0.05) is 24.2 Å². The van der Waals surface area contributed by atoms with Gasteiger partial charge < -0.3 is 14.1 Å². The number of pyridine rings is 1. The second kappa shape index (κ2) is 6.48. The van der Waals surface area contributed by atoms with Crippen LogP contribution in [0.5, 0.6) is 5.75 Å². The maximum absolute atomic E-state index is 12.8. The molecular formula is C21H20ClN3O3. The first-order valence-electron chi connectivity index (χ1n) is 9.44. The van der Waals surface area contributed by atoms with Gasteiger partial charge in [-0.3, -0.25) is 9.78 Å². The number of benzene rings is 1. The Morgan fingerprint density at radius 2 is 2.32 bits per heavy atom. The van der Waals surface area contributed by atoms with Crippen molar-refractivity contribution in [2.75, 3.05) is 6.54 Å². The Bertz CT molecular complexity index is 1070. The highest BCUT2D eigenvalue weighted by Gasteiger charge is 2.48. The Labute approximate surface area is 167 Å². The normalized spacial score (nSPS) is 23.5. The molecule has 2 aromatic heterocycles. The molecule has 6 nitrogen and oxygen atoms in total. The van der Waals surface area contributed by atoms with E-state index in [-0.39, 0.29) is 17.9 Å². The van der Waals surface area contributed by atoms with Crippen LogP contribution in [-0.4, -0.2) is 33.4 Å². The smallest absolute Gasteiger partial charge is 0.276 e. The summed E-state index contributed by atoms with van der Waals surface area (Å²) in [5.41, 5.74) is 1.28. The van der Waals surface area contributed by atoms with E-state index in [4.69, 9.17) is 20.8 Å². The van der Waals surface area contributed by atoms with E-state index < -0.39 is 0 Å². The molecule has 2 atom stereocenters. The van der Waals surface area contributed by atoms with Crippen molar-refractivity contribution in [1.82, 2.24) is 14.9 Å².